The molecule has 1 heterocycles. The van der Waals surface area contributed by atoms with Crippen LogP contribution in [0, 0.1) is 0 Å². The van der Waals surface area contributed by atoms with Gasteiger partial charge in [0.25, 0.3) is 0 Å². The minimum Gasteiger partial charge on any atom is -0.465 e. The van der Waals surface area contributed by atoms with Gasteiger partial charge in [0, 0.05) is 44.1 Å². The van der Waals surface area contributed by atoms with Crippen LogP contribution in [-0.2, 0) is 16.1 Å². The quantitative estimate of drug-likeness (QED) is 0.778. The predicted molar refractivity (Wildman–Crippen MR) is 83.0 cm³/mol. The van der Waals surface area contributed by atoms with Gasteiger partial charge in [0.05, 0.1) is 12.7 Å². The van der Waals surface area contributed by atoms with E-state index in [2.05, 4.69) is 20.8 Å². The highest BCUT2D eigenvalue weighted by molar-refractivity contribution is 9.10. The lowest BCUT2D eigenvalue weighted by Gasteiger charge is -2.34. The van der Waals surface area contributed by atoms with Gasteiger partial charge < -0.3 is 9.64 Å². The zero-order valence-electron chi connectivity index (χ0n) is 12.3. The van der Waals surface area contributed by atoms with Gasteiger partial charge in [0.2, 0.25) is 5.91 Å². The normalized spacial score (nSPS) is 15.9. The highest BCUT2D eigenvalue weighted by atomic mass is 79.9. The van der Waals surface area contributed by atoms with Crippen LogP contribution in [-0.4, -0.2) is 55.0 Å². The van der Waals surface area contributed by atoms with Crippen molar-refractivity contribution in [2.75, 3.05) is 33.3 Å². The zero-order valence-corrected chi connectivity index (χ0v) is 13.9. The smallest absolute Gasteiger partial charge is 0.337 e. The zero-order chi connectivity index (χ0) is 15.4. The van der Waals surface area contributed by atoms with E-state index in [0.717, 1.165) is 42.8 Å². The molecule has 6 heteroatoms. The Hall–Kier alpha value is -1.40. The second-order valence-corrected chi connectivity index (χ2v) is 5.93. The number of benzene rings is 1. The van der Waals surface area contributed by atoms with Crippen LogP contribution in [0.15, 0.2) is 22.7 Å². The third-order valence-electron chi connectivity index (χ3n) is 3.69. The lowest BCUT2D eigenvalue weighted by Crippen LogP contribution is -2.47. The molecule has 114 valence electrons. The Morgan fingerprint density at radius 2 is 1.90 bits per heavy atom. The number of hydrogen-bond donors (Lipinski definition) is 0. The topological polar surface area (TPSA) is 49.9 Å². The van der Waals surface area contributed by atoms with Crippen molar-refractivity contribution >= 4 is 27.8 Å². The maximum atomic E-state index is 11.5. The van der Waals surface area contributed by atoms with Crippen molar-refractivity contribution in [1.29, 1.82) is 0 Å². The number of carbonyl (C=O) groups is 2. The van der Waals surface area contributed by atoms with Crippen molar-refractivity contribution in [3.63, 3.8) is 0 Å². The average molecular weight is 355 g/mol. The maximum absolute atomic E-state index is 11.5. The van der Waals surface area contributed by atoms with Gasteiger partial charge in [-0.15, -0.1) is 0 Å². The van der Waals surface area contributed by atoms with E-state index in [0.29, 0.717) is 5.56 Å². The Kier molecular flexibility index (Phi) is 5.36. The van der Waals surface area contributed by atoms with Crippen LogP contribution in [0.4, 0.5) is 0 Å². The largest absolute Gasteiger partial charge is 0.465 e. The molecule has 0 radical (unpaired) electrons. The molecule has 1 fully saturated rings. The van der Waals surface area contributed by atoms with Gasteiger partial charge in [-0.05, 0) is 17.7 Å². The van der Waals surface area contributed by atoms with E-state index in [1.807, 2.05) is 11.0 Å². The Bertz CT molecular complexity index is 540. The summed E-state index contributed by atoms with van der Waals surface area (Å²) in [6.45, 7) is 5.68. The summed E-state index contributed by atoms with van der Waals surface area (Å²) in [5.74, 6) is -0.199. The summed E-state index contributed by atoms with van der Waals surface area (Å²) in [4.78, 5) is 26.9. The monoisotopic (exact) mass is 354 g/mol. The SMILES string of the molecule is COC(=O)c1ccc(CN2CCN(C(C)=O)CC2)c(Br)c1. The summed E-state index contributed by atoms with van der Waals surface area (Å²) in [6, 6.07) is 5.50. The number of esters is 1. The lowest BCUT2D eigenvalue weighted by atomic mass is 10.1. The number of rotatable bonds is 3. The fourth-order valence-corrected chi connectivity index (χ4v) is 2.89. The number of carbonyl (C=O) groups excluding carboxylic acids is 2. The number of halogens is 1. The van der Waals surface area contributed by atoms with E-state index in [9.17, 15) is 9.59 Å². The summed E-state index contributed by atoms with van der Waals surface area (Å²) in [5, 5.41) is 0. The second-order valence-electron chi connectivity index (χ2n) is 5.08. The van der Waals surface area contributed by atoms with Crippen LogP contribution in [0.1, 0.15) is 22.8 Å². The minimum atomic E-state index is -0.336. The fraction of sp³-hybridized carbons (Fsp3) is 0.467. The number of methoxy groups -OCH3 is 1. The van der Waals surface area contributed by atoms with Crippen LogP contribution in [0.3, 0.4) is 0 Å². The maximum Gasteiger partial charge on any atom is 0.337 e. The Morgan fingerprint density at radius 1 is 1.24 bits per heavy atom. The number of hydrogen-bond acceptors (Lipinski definition) is 4. The molecule has 1 aliphatic rings. The molecule has 21 heavy (non-hydrogen) atoms. The molecule has 0 bridgehead atoms. The third-order valence-corrected chi connectivity index (χ3v) is 4.42. The fourth-order valence-electron chi connectivity index (χ4n) is 2.38. The Balaban J connectivity index is 1.98. The van der Waals surface area contributed by atoms with Gasteiger partial charge >= 0.3 is 5.97 Å². The molecule has 0 unspecified atom stereocenters. The van der Waals surface area contributed by atoms with Gasteiger partial charge in [0.1, 0.15) is 0 Å². The first-order chi connectivity index (χ1) is 10.0. The molecule has 1 aromatic carbocycles. The first-order valence-corrected chi connectivity index (χ1v) is 7.65. The third kappa shape index (κ3) is 4.04. The molecular formula is C15H19BrN2O3. The van der Waals surface area contributed by atoms with Gasteiger partial charge in [-0.2, -0.15) is 0 Å². The van der Waals surface area contributed by atoms with Gasteiger partial charge in [-0.1, -0.05) is 22.0 Å². The van der Waals surface area contributed by atoms with Gasteiger partial charge in [0.15, 0.2) is 0 Å². The highest BCUT2D eigenvalue weighted by Crippen LogP contribution is 2.21. The second kappa shape index (κ2) is 7.04. The van der Waals surface area contributed by atoms with Crippen molar-refractivity contribution in [3.8, 4) is 0 Å². The van der Waals surface area contributed by atoms with E-state index in [-0.39, 0.29) is 11.9 Å². The Morgan fingerprint density at radius 3 is 2.43 bits per heavy atom. The molecule has 1 aromatic rings. The molecule has 1 amide bonds. The summed E-state index contributed by atoms with van der Waals surface area (Å²) in [7, 11) is 1.37. The van der Waals surface area contributed by atoms with Gasteiger partial charge in [-0.3, -0.25) is 9.69 Å². The lowest BCUT2D eigenvalue weighted by molar-refractivity contribution is -0.130. The number of nitrogens with zero attached hydrogens (tertiary/aromatic N) is 2. The molecule has 5 nitrogen and oxygen atoms in total. The molecule has 1 saturated heterocycles. The molecule has 0 aliphatic carbocycles. The molecular weight excluding hydrogens is 336 g/mol. The van der Waals surface area contributed by atoms with E-state index in [1.54, 1.807) is 19.1 Å². The predicted octanol–water partition coefficient (Wildman–Crippen LogP) is 1.90. The number of ether oxygens (including phenoxy) is 1. The van der Waals surface area contributed by atoms with Crippen molar-refractivity contribution in [3.05, 3.63) is 33.8 Å². The molecule has 0 spiro atoms. The van der Waals surface area contributed by atoms with Crippen molar-refractivity contribution in [1.82, 2.24) is 9.80 Å². The van der Waals surface area contributed by atoms with Crippen molar-refractivity contribution in [2.24, 2.45) is 0 Å². The highest BCUT2D eigenvalue weighted by Gasteiger charge is 2.19. The minimum absolute atomic E-state index is 0.137. The van der Waals surface area contributed by atoms with Crippen LogP contribution < -0.4 is 0 Å². The van der Waals surface area contributed by atoms with E-state index in [4.69, 9.17) is 4.74 Å². The molecule has 0 saturated carbocycles. The van der Waals surface area contributed by atoms with Crippen LogP contribution in [0.5, 0.6) is 0 Å². The first kappa shape index (κ1) is 16.0. The Labute approximate surface area is 133 Å². The van der Waals surface area contributed by atoms with Gasteiger partial charge in [-0.25, -0.2) is 4.79 Å². The van der Waals surface area contributed by atoms with Crippen LogP contribution >= 0.6 is 15.9 Å². The molecule has 0 atom stereocenters. The molecule has 0 N–H and O–H groups in total. The summed E-state index contributed by atoms with van der Waals surface area (Å²) in [6.07, 6.45) is 0. The van der Waals surface area contributed by atoms with Crippen molar-refractivity contribution < 1.29 is 14.3 Å². The average Bonchev–Trinajstić information content (AvgIpc) is 2.49. The van der Waals surface area contributed by atoms with Crippen LogP contribution in [0.25, 0.3) is 0 Å². The number of amides is 1. The molecule has 1 aliphatic heterocycles. The summed E-state index contributed by atoms with van der Waals surface area (Å²) in [5.41, 5.74) is 1.66. The summed E-state index contributed by atoms with van der Waals surface area (Å²) < 4.78 is 5.61. The van der Waals surface area contributed by atoms with E-state index in [1.165, 1.54) is 7.11 Å². The van der Waals surface area contributed by atoms with Crippen LogP contribution in [0.2, 0.25) is 0 Å². The summed E-state index contributed by atoms with van der Waals surface area (Å²) >= 11 is 3.51. The first-order valence-electron chi connectivity index (χ1n) is 6.86. The molecule has 2 rings (SSSR count). The molecule has 0 aromatic heterocycles. The standard InChI is InChI=1S/C15H19BrN2O3/c1-11(19)18-7-5-17(6-8-18)10-13-4-3-12(9-14(13)16)15(20)21-2/h3-4,9H,5-8,10H2,1-2H3. The van der Waals surface area contributed by atoms with E-state index < -0.39 is 0 Å². The van der Waals surface area contributed by atoms with E-state index >= 15 is 0 Å². The number of piperazine rings is 1. The van der Waals surface area contributed by atoms with Crippen molar-refractivity contribution in [2.45, 2.75) is 13.5 Å².